The molecule has 1 heterocycles. The third kappa shape index (κ3) is 13.2. The Morgan fingerprint density at radius 1 is 0.923 bits per heavy atom. The number of nitrogens with zero attached hydrogens (tertiary/aromatic N) is 2. The summed E-state index contributed by atoms with van der Waals surface area (Å²) >= 11 is 0. The number of H-pyrrole nitrogens is 1. The molecule has 1 aromatic rings. The summed E-state index contributed by atoms with van der Waals surface area (Å²) < 4.78 is 0. The first kappa shape index (κ1) is 32.8. The Balaban J connectivity index is 3.08. The lowest BCUT2D eigenvalue weighted by Gasteiger charge is -2.25. The van der Waals surface area contributed by atoms with E-state index < -0.39 is 60.2 Å². The van der Waals surface area contributed by atoms with Crippen LogP contribution in [0.4, 0.5) is 0 Å². The van der Waals surface area contributed by atoms with E-state index in [1.807, 2.05) is 0 Å². The molecule has 0 radical (unpaired) electrons. The van der Waals surface area contributed by atoms with Crippen molar-refractivity contribution >= 4 is 35.6 Å². The normalized spacial score (nSPS) is 13.8. The van der Waals surface area contributed by atoms with Crippen LogP contribution < -0.4 is 38.9 Å². The summed E-state index contributed by atoms with van der Waals surface area (Å²) in [5.74, 6) is -5.44. The number of carbonyl (C=O) groups excluding carboxylic acids is 3. The van der Waals surface area contributed by atoms with Crippen LogP contribution in [0.5, 0.6) is 0 Å². The van der Waals surface area contributed by atoms with Crippen LogP contribution in [0.2, 0.25) is 0 Å². The zero-order valence-corrected chi connectivity index (χ0v) is 21.5. The van der Waals surface area contributed by atoms with Gasteiger partial charge in [-0.1, -0.05) is 6.42 Å². The van der Waals surface area contributed by atoms with Gasteiger partial charge in [-0.25, -0.2) is 9.78 Å². The molecule has 0 saturated carbocycles. The minimum absolute atomic E-state index is 0.0824. The average molecular weight is 555 g/mol. The molecule has 0 spiro atoms. The SMILES string of the molecule is NCCCCC(N)C(=O)NC(CCCN=C(N)N)C(=O)NC(Cc1cnc[nH]1)C(=O)NC(CC(=O)O)C(=O)O. The number of rotatable bonds is 19. The van der Waals surface area contributed by atoms with Crippen LogP contribution in [0.15, 0.2) is 17.5 Å². The van der Waals surface area contributed by atoms with Gasteiger partial charge >= 0.3 is 11.9 Å². The zero-order valence-electron chi connectivity index (χ0n) is 21.5. The summed E-state index contributed by atoms with van der Waals surface area (Å²) in [6, 6.07) is -5.12. The lowest BCUT2D eigenvalue weighted by Crippen LogP contribution is -2.57. The molecule has 0 saturated heterocycles. The van der Waals surface area contributed by atoms with Crippen molar-refractivity contribution in [3.63, 3.8) is 0 Å². The van der Waals surface area contributed by atoms with Crippen LogP contribution in [0, 0.1) is 0 Å². The van der Waals surface area contributed by atoms with E-state index in [0.717, 1.165) is 0 Å². The van der Waals surface area contributed by atoms with E-state index in [0.29, 0.717) is 31.5 Å². The highest BCUT2D eigenvalue weighted by Crippen LogP contribution is 2.06. The zero-order chi connectivity index (χ0) is 29.4. The van der Waals surface area contributed by atoms with Gasteiger partial charge in [0.15, 0.2) is 5.96 Å². The number of carboxylic acids is 2. The van der Waals surface area contributed by atoms with Gasteiger partial charge in [0.25, 0.3) is 0 Å². The molecule has 0 fully saturated rings. The van der Waals surface area contributed by atoms with E-state index >= 15 is 0 Å². The van der Waals surface area contributed by atoms with Crippen LogP contribution in [0.3, 0.4) is 0 Å². The second kappa shape index (κ2) is 17.3. The average Bonchev–Trinajstić information content (AvgIpc) is 3.37. The van der Waals surface area contributed by atoms with Gasteiger partial charge in [-0.3, -0.25) is 24.2 Å². The number of aliphatic imine (C=N–C) groups is 1. The minimum atomic E-state index is -1.74. The molecule has 39 heavy (non-hydrogen) atoms. The summed E-state index contributed by atoms with van der Waals surface area (Å²) in [6.07, 6.45) is 3.72. The van der Waals surface area contributed by atoms with Crippen molar-refractivity contribution in [1.82, 2.24) is 25.9 Å². The molecule has 3 amide bonds. The van der Waals surface area contributed by atoms with E-state index in [4.69, 9.17) is 28.0 Å². The molecule has 4 atom stereocenters. The molecule has 0 aromatic carbocycles. The van der Waals surface area contributed by atoms with Gasteiger partial charge in [-0.15, -0.1) is 0 Å². The van der Waals surface area contributed by atoms with E-state index in [1.165, 1.54) is 12.5 Å². The van der Waals surface area contributed by atoms with E-state index in [1.54, 1.807) is 0 Å². The number of hydrogen-bond acceptors (Lipinski definition) is 9. The lowest BCUT2D eigenvalue weighted by molar-refractivity contribution is -0.147. The third-order valence-electron chi connectivity index (χ3n) is 5.49. The van der Waals surface area contributed by atoms with E-state index in [9.17, 15) is 29.1 Å². The monoisotopic (exact) mass is 554 g/mol. The van der Waals surface area contributed by atoms with E-state index in [-0.39, 0.29) is 31.8 Å². The Bertz CT molecular complexity index is 982. The van der Waals surface area contributed by atoms with Crippen molar-refractivity contribution in [2.75, 3.05) is 13.1 Å². The second-order valence-corrected chi connectivity index (χ2v) is 8.74. The number of carboxylic acid groups (broad SMARTS) is 2. The molecule has 4 unspecified atom stereocenters. The Kier molecular flexibility index (Phi) is 14.5. The molecule has 17 nitrogen and oxygen atoms in total. The molecule has 0 aliphatic carbocycles. The van der Waals surface area contributed by atoms with E-state index in [2.05, 4.69) is 30.9 Å². The Morgan fingerprint density at radius 2 is 1.56 bits per heavy atom. The molecule has 0 aliphatic rings. The van der Waals surface area contributed by atoms with Crippen LogP contribution in [-0.2, 0) is 30.4 Å². The number of hydrogen-bond donors (Lipinski definition) is 10. The molecule has 0 aliphatic heterocycles. The van der Waals surface area contributed by atoms with Crippen molar-refractivity contribution in [2.24, 2.45) is 27.9 Å². The van der Waals surface area contributed by atoms with Gasteiger partial charge in [0.2, 0.25) is 17.7 Å². The van der Waals surface area contributed by atoms with Crippen LogP contribution in [0.1, 0.15) is 44.2 Å². The van der Waals surface area contributed by atoms with Crippen molar-refractivity contribution in [3.05, 3.63) is 18.2 Å². The maximum Gasteiger partial charge on any atom is 0.326 e. The summed E-state index contributed by atoms with van der Waals surface area (Å²) in [5, 5.41) is 25.5. The number of aromatic nitrogens is 2. The van der Waals surface area contributed by atoms with Crippen LogP contribution in [-0.4, -0.2) is 93.1 Å². The molecular weight excluding hydrogens is 516 g/mol. The van der Waals surface area contributed by atoms with Gasteiger partial charge in [-0.2, -0.15) is 0 Å². The highest BCUT2D eigenvalue weighted by molar-refractivity contribution is 5.94. The number of unbranched alkanes of at least 4 members (excludes halogenated alkanes) is 1. The Morgan fingerprint density at radius 3 is 2.13 bits per heavy atom. The topological polar surface area (TPSA) is 307 Å². The van der Waals surface area contributed by atoms with Crippen molar-refractivity contribution in [3.8, 4) is 0 Å². The first-order valence-corrected chi connectivity index (χ1v) is 12.3. The summed E-state index contributed by atoms with van der Waals surface area (Å²) in [6.45, 7) is 0.608. The minimum Gasteiger partial charge on any atom is -0.481 e. The predicted molar refractivity (Wildman–Crippen MR) is 139 cm³/mol. The van der Waals surface area contributed by atoms with Crippen molar-refractivity contribution < 1.29 is 34.2 Å². The standard InChI is InChI=1S/C22H38N10O7/c23-6-2-1-4-13(24)18(35)30-14(5-3-7-28-22(25)26)19(36)31-15(8-12-10-27-11-29-12)20(37)32-16(21(38)39)9-17(33)34/h10-11,13-16H,1-9,23-24H2,(H,27,29)(H,30,35)(H,31,36)(H,32,37)(H,33,34)(H,38,39)(H4,25,26,28). The Labute approximate surface area is 224 Å². The number of aliphatic carboxylic acids is 2. The number of imidazole rings is 1. The van der Waals surface area contributed by atoms with Gasteiger partial charge in [0, 0.05) is 24.9 Å². The number of aromatic amines is 1. The second-order valence-electron chi connectivity index (χ2n) is 8.74. The highest BCUT2D eigenvalue weighted by atomic mass is 16.4. The number of guanidine groups is 1. The summed E-state index contributed by atoms with van der Waals surface area (Å²) in [4.78, 5) is 71.8. The number of amides is 3. The molecule has 1 rings (SSSR count). The fraction of sp³-hybridized carbons (Fsp3) is 0.591. The molecule has 1 aromatic heterocycles. The maximum atomic E-state index is 13.2. The molecule has 0 bridgehead atoms. The molecule has 14 N–H and O–H groups in total. The fourth-order valence-corrected chi connectivity index (χ4v) is 3.44. The highest BCUT2D eigenvalue weighted by Gasteiger charge is 2.31. The quantitative estimate of drug-likeness (QED) is 0.0452. The third-order valence-corrected chi connectivity index (χ3v) is 5.49. The van der Waals surface area contributed by atoms with Crippen molar-refractivity contribution in [2.45, 2.75) is 69.1 Å². The summed E-state index contributed by atoms with van der Waals surface area (Å²) in [7, 11) is 0. The van der Waals surface area contributed by atoms with Gasteiger partial charge in [0.1, 0.15) is 18.1 Å². The predicted octanol–water partition coefficient (Wildman–Crippen LogP) is -3.52. The van der Waals surface area contributed by atoms with Crippen LogP contribution in [0.25, 0.3) is 0 Å². The van der Waals surface area contributed by atoms with Gasteiger partial charge in [-0.05, 0) is 32.2 Å². The number of carbonyl (C=O) groups is 5. The number of nitrogens with two attached hydrogens (primary N) is 4. The molecule has 17 heteroatoms. The first-order chi connectivity index (χ1) is 18.4. The number of nitrogens with one attached hydrogen (secondary N) is 4. The molecule has 218 valence electrons. The fourth-order valence-electron chi connectivity index (χ4n) is 3.44. The molecular formula is C22H38N10O7. The first-order valence-electron chi connectivity index (χ1n) is 12.3. The summed E-state index contributed by atoms with van der Waals surface area (Å²) in [5.41, 5.74) is 22.5. The van der Waals surface area contributed by atoms with Gasteiger partial charge < -0.3 is 54.1 Å². The lowest BCUT2D eigenvalue weighted by atomic mass is 10.1. The van der Waals surface area contributed by atoms with Crippen molar-refractivity contribution in [1.29, 1.82) is 0 Å². The largest absolute Gasteiger partial charge is 0.481 e. The smallest absolute Gasteiger partial charge is 0.326 e. The maximum absolute atomic E-state index is 13.2. The van der Waals surface area contributed by atoms with Crippen LogP contribution >= 0.6 is 0 Å². The Hall–Kier alpha value is -4.25. The van der Waals surface area contributed by atoms with Gasteiger partial charge in [0.05, 0.1) is 18.8 Å².